The third-order valence-corrected chi connectivity index (χ3v) is 4.48. The number of nitro groups is 1. The van der Waals surface area contributed by atoms with Crippen molar-refractivity contribution < 1.29 is 4.92 Å². The van der Waals surface area contributed by atoms with Crippen LogP contribution in [0, 0.1) is 10.1 Å². The van der Waals surface area contributed by atoms with Crippen molar-refractivity contribution in [2.24, 2.45) is 0 Å². The van der Waals surface area contributed by atoms with Crippen LogP contribution in [0.15, 0.2) is 60.7 Å². The van der Waals surface area contributed by atoms with Crippen LogP contribution in [-0.4, -0.2) is 9.49 Å². The molecule has 1 heterocycles. The number of aromatic nitrogens is 1. The van der Waals surface area contributed by atoms with E-state index in [4.69, 9.17) is 23.2 Å². The first-order valence-corrected chi connectivity index (χ1v) is 7.94. The Balaban J connectivity index is 2.09. The van der Waals surface area contributed by atoms with Crippen molar-refractivity contribution in [2.45, 2.75) is 0 Å². The summed E-state index contributed by atoms with van der Waals surface area (Å²) in [6.07, 6.45) is 0. The molecule has 0 N–H and O–H groups in total. The first-order chi connectivity index (χ1) is 11.5. The maximum absolute atomic E-state index is 10.9. The van der Waals surface area contributed by atoms with E-state index in [1.165, 1.54) is 12.1 Å². The molecule has 4 rings (SSSR count). The Labute approximate surface area is 147 Å². The zero-order chi connectivity index (χ0) is 16.8. The highest BCUT2D eigenvalue weighted by atomic mass is 35.5. The number of non-ortho nitro benzene ring substituents is 1. The second-order valence-corrected chi connectivity index (χ2v) is 6.30. The number of hydrogen-bond acceptors (Lipinski definition) is 2. The summed E-state index contributed by atoms with van der Waals surface area (Å²) in [7, 11) is 0. The van der Waals surface area contributed by atoms with E-state index >= 15 is 0 Å². The summed E-state index contributed by atoms with van der Waals surface area (Å²) in [6, 6.07) is 17.8. The lowest BCUT2D eigenvalue weighted by Gasteiger charge is -2.08. The largest absolute Gasteiger partial charge is 0.309 e. The summed E-state index contributed by atoms with van der Waals surface area (Å²) >= 11 is 12.4. The van der Waals surface area contributed by atoms with Crippen molar-refractivity contribution in [1.29, 1.82) is 0 Å². The van der Waals surface area contributed by atoms with Crippen molar-refractivity contribution >= 4 is 50.7 Å². The van der Waals surface area contributed by atoms with Crippen LogP contribution in [-0.2, 0) is 0 Å². The Bertz CT molecular complexity index is 1040. The Morgan fingerprint density at radius 2 is 1.29 bits per heavy atom. The summed E-state index contributed by atoms with van der Waals surface area (Å²) in [6.45, 7) is 0. The zero-order valence-corrected chi connectivity index (χ0v) is 13.8. The minimum absolute atomic E-state index is 0.0515. The van der Waals surface area contributed by atoms with Gasteiger partial charge in [-0.2, -0.15) is 0 Å². The average Bonchev–Trinajstić information content (AvgIpc) is 2.87. The van der Waals surface area contributed by atoms with Crippen LogP contribution < -0.4 is 0 Å². The van der Waals surface area contributed by atoms with Gasteiger partial charge in [-0.05, 0) is 36.4 Å². The Kier molecular flexibility index (Phi) is 3.44. The third-order valence-electron chi connectivity index (χ3n) is 4.01. The lowest BCUT2D eigenvalue weighted by Crippen LogP contribution is -1.95. The molecule has 0 bridgehead atoms. The van der Waals surface area contributed by atoms with Crippen molar-refractivity contribution in [3.63, 3.8) is 0 Å². The molecule has 0 aliphatic rings. The van der Waals surface area contributed by atoms with Crippen LogP contribution in [0.1, 0.15) is 0 Å². The van der Waals surface area contributed by atoms with Gasteiger partial charge in [0.1, 0.15) is 0 Å². The maximum atomic E-state index is 10.9. The van der Waals surface area contributed by atoms with E-state index in [1.54, 1.807) is 12.1 Å². The van der Waals surface area contributed by atoms with Gasteiger partial charge in [0.2, 0.25) is 0 Å². The second-order valence-electron chi connectivity index (χ2n) is 5.43. The minimum atomic E-state index is -0.413. The smallest absolute Gasteiger partial charge is 0.269 e. The number of halogens is 2. The summed E-state index contributed by atoms with van der Waals surface area (Å²) in [5, 5.41) is 14.2. The molecule has 0 aliphatic carbocycles. The fourth-order valence-corrected chi connectivity index (χ4v) is 3.30. The predicted molar refractivity (Wildman–Crippen MR) is 97.5 cm³/mol. The molecule has 0 spiro atoms. The molecule has 0 saturated carbocycles. The third kappa shape index (κ3) is 2.31. The second kappa shape index (κ2) is 5.51. The van der Waals surface area contributed by atoms with Crippen molar-refractivity contribution in [1.82, 2.24) is 4.57 Å². The molecule has 4 aromatic rings. The molecule has 6 heteroatoms. The fraction of sp³-hybridized carbons (Fsp3) is 0. The van der Waals surface area contributed by atoms with Gasteiger partial charge in [0.25, 0.3) is 5.69 Å². The number of rotatable bonds is 2. The van der Waals surface area contributed by atoms with Gasteiger partial charge in [0, 0.05) is 38.6 Å². The van der Waals surface area contributed by atoms with Gasteiger partial charge in [0.05, 0.1) is 16.0 Å². The van der Waals surface area contributed by atoms with E-state index in [1.807, 2.05) is 41.0 Å². The first kappa shape index (κ1) is 15.0. The quantitative estimate of drug-likeness (QED) is 0.326. The molecule has 4 nitrogen and oxygen atoms in total. The van der Waals surface area contributed by atoms with Gasteiger partial charge >= 0.3 is 0 Å². The normalized spacial score (nSPS) is 11.2. The van der Waals surface area contributed by atoms with Crippen molar-refractivity contribution in [2.75, 3.05) is 0 Å². The predicted octanol–water partition coefficient (Wildman–Crippen LogP) is 6.00. The highest BCUT2D eigenvalue weighted by Crippen LogP contribution is 2.35. The first-order valence-electron chi connectivity index (χ1n) is 7.18. The maximum Gasteiger partial charge on any atom is 0.269 e. The van der Waals surface area contributed by atoms with Crippen molar-refractivity contribution in [3.8, 4) is 5.69 Å². The molecular formula is C18H10Cl2N2O2. The van der Waals surface area contributed by atoms with Gasteiger partial charge in [-0.25, -0.2) is 0 Å². The van der Waals surface area contributed by atoms with Crippen LogP contribution in [0.3, 0.4) is 0 Å². The monoisotopic (exact) mass is 356 g/mol. The van der Waals surface area contributed by atoms with Crippen LogP contribution in [0.25, 0.3) is 27.5 Å². The lowest BCUT2D eigenvalue weighted by molar-refractivity contribution is -0.384. The number of benzene rings is 3. The van der Waals surface area contributed by atoms with E-state index < -0.39 is 4.92 Å². The zero-order valence-electron chi connectivity index (χ0n) is 12.2. The standard InChI is InChI=1S/C18H10Cl2N2O2/c19-11-1-7-15-16-8-2-12(20)10-18(16)21(17(15)9-11)13-3-5-14(6-4-13)22(23)24/h1-10H. The van der Waals surface area contributed by atoms with E-state index in [-0.39, 0.29) is 5.69 Å². The molecule has 0 amide bonds. The molecule has 24 heavy (non-hydrogen) atoms. The van der Waals surface area contributed by atoms with Crippen LogP contribution in [0.2, 0.25) is 10.0 Å². The summed E-state index contributed by atoms with van der Waals surface area (Å²) < 4.78 is 2.01. The molecular weight excluding hydrogens is 347 g/mol. The molecule has 0 unspecified atom stereocenters. The molecule has 1 aromatic heterocycles. The number of nitro benzene ring substituents is 1. The van der Waals surface area contributed by atoms with Crippen LogP contribution >= 0.6 is 23.2 Å². The van der Waals surface area contributed by atoms with Gasteiger partial charge in [-0.1, -0.05) is 35.3 Å². The van der Waals surface area contributed by atoms with E-state index in [0.29, 0.717) is 10.0 Å². The molecule has 0 saturated heterocycles. The fourth-order valence-electron chi connectivity index (χ4n) is 2.97. The van der Waals surface area contributed by atoms with Crippen LogP contribution in [0.4, 0.5) is 5.69 Å². The molecule has 0 atom stereocenters. The number of hydrogen-bond donors (Lipinski definition) is 0. The Hall–Kier alpha value is -2.56. The molecule has 3 aromatic carbocycles. The summed E-state index contributed by atoms with van der Waals surface area (Å²) in [5.41, 5.74) is 2.71. The van der Waals surface area contributed by atoms with Gasteiger partial charge < -0.3 is 4.57 Å². The van der Waals surface area contributed by atoms with Gasteiger partial charge in [-0.3, -0.25) is 10.1 Å². The van der Waals surface area contributed by atoms with Gasteiger partial charge in [-0.15, -0.1) is 0 Å². The molecule has 0 aliphatic heterocycles. The van der Waals surface area contributed by atoms with Gasteiger partial charge in [0.15, 0.2) is 0 Å². The summed E-state index contributed by atoms with van der Waals surface area (Å²) in [5.74, 6) is 0. The SMILES string of the molecule is O=[N+]([O-])c1ccc(-n2c3cc(Cl)ccc3c3ccc(Cl)cc32)cc1. The van der Waals surface area contributed by atoms with E-state index in [9.17, 15) is 10.1 Å². The number of fused-ring (bicyclic) bond motifs is 3. The molecule has 118 valence electrons. The topological polar surface area (TPSA) is 48.1 Å². The van der Waals surface area contributed by atoms with E-state index in [0.717, 1.165) is 27.5 Å². The highest BCUT2D eigenvalue weighted by Gasteiger charge is 2.14. The van der Waals surface area contributed by atoms with Crippen molar-refractivity contribution in [3.05, 3.63) is 80.8 Å². The van der Waals surface area contributed by atoms with E-state index in [2.05, 4.69) is 0 Å². The number of nitrogens with zero attached hydrogens (tertiary/aromatic N) is 2. The Morgan fingerprint density at radius 3 is 1.75 bits per heavy atom. The highest BCUT2D eigenvalue weighted by molar-refractivity contribution is 6.32. The summed E-state index contributed by atoms with van der Waals surface area (Å²) in [4.78, 5) is 10.5. The molecule has 0 fully saturated rings. The minimum Gasteiger partial charge on any atom is -0.309 e. The Morgan fingerprint density at radius 1 is 0.792 bits per heavy atom. The average molecular weight is 357 g/mol. The molecule has 0 radical (unpaired) electrons. The van der Waals surface area contributed by atoms with Crippen LogP contribution in [0.5, 0.6) is 0 Å². The lowest BCUT2D eigenvalue weighted by atomic mass is 10.1.